The second-order valence-corrected chi connectivity index (χ2v) is 4.05. The molecule has 0 nitrogen and oxygen atoms in total. The molecule has 1 aliphatic rings. The van der Waals surface area contributed by atoms with E-state index in [2.05, 4.69) is 12.1 Å². The number of benzene rings is 1. The van der Waals surface area contributed by atoms with Crippen molar-refractivity contribution in [1.82, 2.24) is 0 Å². The minimum Gasteiger partial charge on any atom is -0.151 e. The van der Waals surface area contributed by atoms with Crippen LogP contribution in [0.1, 0.15) is 10.8 Å². The average molecular weight is 171 g/mol. The van der Waals surface area contributed by atoms with Crippen LogP contribution in [0.15, 0.2) is 24.3 Å². The van der Waals surface area contributed by atoms with Crippen LogP contribution in [0.5, 0.6) is 0 Å². The van der Waals surface area contributed by atoms with E-state index in [9.17, 15) is 0 Å². The molecular formula is C8H7ClS. The monoisotopic (exact) mass is 170 g/mol. The van der Waals surface area contributed by atoms with E-state index in [0.29, 0.717) is 0 Å². The summed E-state index contributed by atoms with van der Waals surface area (Å²) in [5.41, 5.74) is 1.41. The van der Waals surface area contributed by atoms with Gasteiger partial charge in [0.05, 0.1) is 0 Å². The number of halogens is 1. The van der Waals surface area contributed by atoms with Gasteiger partial charge in [-0.15, -0.1) is 0 Å². The molecule has 1 fully saturated rings. The Morgan fingerprint density at radius 2 is 1.90 bits per heavy atom. The highest BCUT2D eigenvalue weighted by molar-refractivity contribution is 8.06. The Bertz CT molecular complexity index is 226. The summed E-state index contributed by atoms with van der Waals surface area (Å²) in [5.74, 6) is 1.28. The number of hydrogen-bond acceptors (Lipinski definition) is 1. The van der Waals surface area contributed by atoms with Gasteiger partial charge < -0.3 is 0 Å². The topological polar surface area (TPSA) is 0 Å². The quantitative estimate of drug-likeness (QED) is 0.584. The van der Waals surface area contributed by atoms with Crippen molar-refractivity contribution in [3.8, 4) is 0 Å². The zero-order valence-electron chi connectivity index (χ0n) is 5.38. The molecule has 0 radical (unpaired) electrons. The predicted octanol–water partition coefficient (Wildman–Crippen LogP) is 3.13. The van der Waals surface area contributed by atoms with Crippen molar-refractivity contribution in [2.45, 2.75) is 5.25 Å². The van der Waals surface area contributed by atoms with Crippen molar-refractivity contribution in [3.63, 3.8) is 0 Å². The zero-order valence-corrected chi connectivity index (χ0v) is 6.95. The van der Waals surface area contributed by atoms with E-state index in [1.165, 1.54) is 11.3 Å². The normalized spacial score (nSPS) is 22.7. The van der Waals surface area contributed by atoms with Crippen molar-refractivity contribution >= 4 is 23.4 Å². The van der Waals surface area contributed by atoms with Crippen molar-refractivity contribution < 1.29 is 0 Å². The second kappa shape index (κ2) is 2.48. The summed E-state index contributed by atoms with van der Waals surface area (Å²) < 4.78 is 0. The Labute approximate surface area is 69.6 Å². The van der Waals surface area contributed by atoms with E-state index in [-0.39, 0.29) is 0 Å². The average Bonchev–Trinajstić information content (AvgIpc) is 2.71. The lowest BCUT2D eigenvalue weighted by Crippen LogP contribution is -1.75. The molecule has 2 rings (SSSR count). The molecule has 1 aliphatic heterocycles. The first-order valence-electron chi connectivity index (χ1n) is 3.23. The van der Waals surface area contributed by atoms with Gasteiger partial charge >= 0.3 is 0 Å². The fraction of sp³-hybridized carbons (Fsp3) is 0.250. The van der Waals surface area contributed by atoms with Gasteiger partial charge in [0.2, 0.25) is 0 Å². The molecule has 0 amide bonds. The number of thioether (sulfide) groups is 1. The maximum absolute atomic E-state index is 5.73. The van der Waals surface area contributed by atoms with Crippen molar-refractivity contribution in [1.29, 1.82) is 0 Å². The van der Waals surface area contributed by atoms with Gasteiger partial charge in [0, 0.05) is 16.0 Å². The van der Waals surface area contributed by atoms with Crippen LogP contribution in [0.25, 0.3) is 0 Å². The molecule has 1 unspecified atom stereocenters. The van der Waals surface area contributed by atoms with Crippen LogP contribution in [-0.4, -0.2) is 5.75 Å². The van der Waals surface area contributed by atoms with Crippen molar-refractivity contribution in [2.75, 3.05) is 5.75 Å². The van der Waals surface area contributed by atoms with E-state index >= 15 is 0 Å². The molecule has 1 saturated heterocycles. The molecule has 0 saturated carbocycles. The first-order chi connectivity index (χ1) is 4.86. The molecule has 0 spiro atoms. The highest BCUT2D eigenvalue weighted by atomic mass is 35.5. The van der Waals surface area contributed by atoms with Crippen LogP contribution in [-0.2, 0) is 0 Å². The molecule has 0 aliphatic carbocycles. The third-order valence-electron chi connectivity index (χ3n) is 1.58. The summed E-state index contributed by atoms with van der Waals surface area (Å²) in [6.07, 6.45) is 0. The van der Waals surface area contributed by atoms with Crippen LogP contribution in [0.2, 0.25) is 5.02 Å². The van der Waals surface area contributed by atoms with Crippen LogP contribution in [0, 0.1) is 0 Å². The van der Waals surface area contributed by atoms with E-state index in [0.717, 1.165) is 10.3 Å². The number of rotatable bonds is 1. The third-order valence-corrected chi connectivity index (χ3v) is 2.77. The maximum Gasteiger partial charge on any atom is 0.0406 e. The van der Waals surface area contributed by atoms with Gasteiger partial charge in [-0.3, -0.25) is 0 Å². The molecule has 52 valence electrons. The van der Waals surface area contributed by atoms with Gasteiger partial charge in [0.1, 0.15) is 0 Å². The smallest absolute Gasteiger partial charge is 0.0406 e. The lowest BCUT2D eigenvalue weighted by molar-refractivity contribution is 1.23. The molecule has 1 aromatic carbocycles. The molecular weight excluding hydrogens is 164 g/mol. The standard InChI is InChI=1S/C8H7ClS/c9-7-3-1-6(2-4-7)8-5-10-8/h1-4,8H,5H2. The third kappa shape index (κ3) is 1.30. The summed E-state index contributed by atoms with van der Waals surface area (Å²) in [5, 5.41) is 1.59. The SMILES string of the molecule is Clc1ccc(C2CS2)cc1. The molecule has 1 atom stereocenters. The Hall–Kier alpha value is -0.140. The van der Waals surface area contributed by atoms with E-state index < -0.39 is 0 Å². The van der Waals surface area contributed by atoms with Gasteiger partial charge in [-0.25, -0.2) is 0 Å². The molecule has 10 heavy (non-hydrogen) atoms. The fourth-order valence-electron chi connectivity index (χ4n) is 0.918. The Balaban J connectivity index is 2.28. The Morgan fingerprint density at radius 3 is 2.40 bits per heavy atom. The van der Waals surface area contributed by atoms with Gasteiger partial charge in [0.15, 0.2) is 0 Å². The summed E-state index contributed by atoms with van der Waals surface area (Å²) in [7, 11) is 0. The van der Waals surface area contributed by atoms with Gasteiger partial charge in [-0.05, 0) is 17.7 Å². The lowest BCUT2D eigenvalue weighted by atomic mass is 10.2. The zero-order chi connectivity index (χ0) is 6.97. The summed E-state index contributed by atoms with van der Waals surface area (Å²) in [4.78, 5) is 0. The molecule has 0 aromatic heterocycles. The van der Waals surface area contributed by atoms with Crippen LogP contribution < -0.4 is 0 Å². The fourth-order valence-corrected chi connectivity index (χ4v) is 1.68. The number of hydrogen-bond donors (Lipinski definition) is 0. The first-order valence-corrected chi connectivity index (χ1v) is 4.66. The summed E-state index contributed by atoms with van der Waals surface area (Å²) in [6, 6.07) is 8.12. The maximum atomic E-state index is 5.73. The minimum absolute atomic E-state index is 0.761. The lowest BCUT2D eigenvalue weighted by Gasteiger charge is -1.94. The molecule has 0 N–H and O–H groups in total. The first kappa shape index (κ1) is 6.56. The van der Waals surface area contributed by atoms with Crippen LogP contribution >= 0.6 is 23.4 Å². The molecule has 1 heterocycles. The van der Waals surface area contributed by atoms with Crippen LogP contribution in [0.4, 0.5) is 0 Å². The molecule has 0 bridgehead atoms. The van der Waals surface area contributed by atoms with E-state index in [1.54, 1.807) is 0 Å². The van der Waals surface area contributed by atoms with Crippen LogP contribution in [0.3, 0.4) is 0 Å². The Kier molecular flexibility index (Phi) is 1.63. The summed E-state index contributed by atoms with van der Waals surface area (Å²) >= 11 is 7.71. The van der Waals surface area contributed by atoms with Crippen molar-refractivity contribution in [3.05, 3.63) is 34.9 Å². The van der Waals surface area contributed by atoms with Crippen molar-refractivity contribution in [2.24, 2.45) is 0 Å². The second-order valence-electron chi connectivity index (χ2n) is 2.37. The molecule has 1 aromatic rings. The summed E-state index contributed by atoms with van der Waals surface area (Å²) in [6.45, 7) is 0. The largest absolute Gasteiger partial charge is 0.151 e. The highest BCUT2D eigenvalue weighted by Crippen LogP contribution is 2.45. The van der Waals surface area contributed by atoms with E-state index in [1.807, 2.05) is 23.9 Å². The predicted molar refractivity (Wildman–Crippen MR) is 46.7 cm³/mol. The van der Waals surface area contributed by atoms with E-state index in [4.69, 9.17) is 11.6 Å². The minimum atomic E-state index is 0.761. The highest BCUT2D eigenvalue weighted by Gasteiger charge is 2.23. The molecule has 2 heteroatoms. The van der Waals surface area contributed by atoms with Gasteiger partial charge in [0.25, 0.3) is 0 Å². The van der Waals surface area contributed by atoms with Gasteiger partial charge in [-0.2, -0.15) is 11.8 Å². The Morgan fingerprint density at radius 1 is 1.30 bits per heavy atom. The van der Waals surface area contributed by atoms with Gasteiger partial charge in [-0.1, -0.05) is 23.7 Å².